The van der Waals surface area contributed by atoms with Gasteiger partial charge in [-0.05, 0) is 42.9 Å². The summed E-state index contributed by atoms with van der Waals surface area (Å²) < 4.78 is 0. The van der Waals surface area contributed by atoms with Crippen LogP contribution in [0.3, 0.4) is 0 Å². The minimum absolute atomic E-state index is 0.00385. The van der Waals surface area contributed by atoms with Crippen LogP contribution in [-0.2, 0) is 14.4 Å². The SMILES string of the molecule is CC1=CC[C@@](C(=O)O)(C(=O)N/N=C\C2=C(O)CC(C)(C)CC2=O)[C@H](c2ccc(Cl)cc2)C1. The van der Waals surface area contributed by atoms with Crippen LogP contribution in [0.5, 0.6) is 0 Å². The van der Waals surface area contributed by atoms with Crippen molar-refractivity contribution in [1.82, 2.24) is 5.43 Å². The van der Waals surface area contributed by atoms with Gasteiger partial charge in [-0.3, -0.25) is 14.4 Å². The summed E-state index contributed by atoms with van der Waals surface area (Å²) in [4.78, 5) is 38.0. The number of carboxylic acid groups (broad SMARTS) is 1. The number of aliphatic carboxylic acids is 1. The van der Waals surface area contributed by atoms with E-state index in [1.54, 1.807) is 30.3 Å². The van der Waals surface area contributed by atoms with Crippen LogP contribution in [0.4, 0.5) is 0 Å². The third-order valence-corrected chi connectivity index (χ3v) is 6.46. The molecule has 2 aliphatic rings. The number of allylic oxidation sites excluding steroid dienone is 4. The number of hydrogen-bond acceptors (Lipinski definition) is 5. The smallest absolute Gasteiger partial charge is 0.320 e. The first-order valence-corrected chi connectivity index (χ1v) is 10.8. The molecule has 0 spiro atoms. The zero-order valence-electron chi connectivity index (χ0n) is 18.3. The average molecular weight is 459 g/mol. The molecule has 2 aliphatic carbocycles. The fourth-order valence-corrected chi connectivity index (χ4v) is 4.57. The van der Waals surface area contributed by atoms with E-state index < -0.39 is 23.2 Å². The molecule has 1 aromatic rings. The van der Waals surface area contributed by atoms with Crippen molar-refractivity contribution in [2.75, 3.05) is 0 Å². The number of rotatable bonds is 5. The summed E-state index contributed by atoms with van der Waals surface area (Å²) in [6.07, 6.45) is 3.81. The highest BCUT2D eigenvalue weighted by molar-refractivity contribution is 6.30. The molecular weight excluding hydrogens is 432 g/mol. The number of benzene rings is 1. The summed E-state index contributed by atoms with van der Waals surface area (Å²) in [5, 5.41) is 24.7. The van der Waals surface area contributed by atoms with Gasteiger partial charge in [-0.25, -0.2) is 5.43 Å². The molecule has 7 nitrogen and oxygen atoms in total. The largest absolute Gasteiger partial charge is 0.511 e. The Bertz CT molecular complexity index is 1040. The van der Waals surface area contributed by atoms with Crippen LogP contribution in [-0.4, -0.2) is 34.1 Å². The van der Waals surface area contributed by atoms with Crippen molar-refractivity contribution in [1.29, 1.82) is 0 Å². The van der Waals surface area contributed by atoms with E-state index >= 15 is 0 Å². The molecule has 0 saturated heterocycles. The predicted octanol–water partition coefficient (Wildman–Crippen LogP) is 4.54. The van der Waals surface area contributed by atoms with Crippen molar-refractivity contribution in [3.8, 4) is 0 Å². The molecule has 0 aromatic heterocycles. The molecule has 32 heavy (non-hydrogen) atoms. The summed E-state index contributed by atoms with van der Waals surface area (Å²) in [6.45, 7) is 5.65. The Morgan fingerprint density at radius 1 is 1.22 bits per heavy atom. The lowest BCUT2D eigenvalue weighted by atomic mass is 9.64. The molecule has 0 saturated carbocycles. The van der Waals surface area contributed by atoms with Crippen LogP contribution >= 0.6 is 11.6 Å². The van der Waals surface area contributed by atoms with E-state index in [1.165, 1.54) is 0 Å². The number of aliphatic hydroxyl groups is 1. The summed E-state index contributed by atoms with van der Waals surface area (Å²) >= 11 is 5.98. The number of carboxylic acids is 1. The maximum atomic E-state index is 13.2. The van der Waals surface area contributed by atoms with Gasteiger partial charge in [0, 0.05) is 23.8 Å². The monoisotopic (exact) mass is 458 g/mol. The zero-order chi connectivity index (χ0) is 23.7. The van der Waals surface area contributed by atoms with E-state index in [0.29, 0.717) is 23.4 Å². The lowest BCUT2D eigenvalue weighted by Crippen LogP contribution is -2.50. The highest BCUT2D eigenvalue weighted by Gasteiger charge is 2.53. The number of carbonyl (C=O) groups excluding carboxylic acids is 2. The van der Waals surface area contributed by atoms with E-state index in [2.05, 4.69) is 10.5 Å². The third-order valence-electron chi connectivity index (χ3n) is 6.21. The molecule has 0 heterocycles. The van der Waals surface area contributed by atoms with E-state index in [-0.39, 0.29) is 35.4 Å². The van der Waals surface area contributed by atoms with Gasteiger partial charge < -0.3 is 10.2 Å². The van der Waals surface area contributed by atoms with Crippen molar-refractivity contribution in [2.45, 2.75) is 52.4 Å². The van der Waals surface area contributed by atoms with Gasteiger partial charge in [0.05, 0.1) is 11.8 Å². The summed E-state index contributed by atoms with van der Waals surface area (Å²) in [7, 11) is 0. The standard InChI is InChI=1S/C24H27ClN2O5/c1-14-8-9-24(22(31)32,18(10-14)15-4-6-16(25)7-5-15)21(30)27-26-13-17-19(28)11-23(2,3)12-20(17)29/h4-8,13,18,28H,9-12H2,1-3H3,(H,27,30)(H,31,32)/b26-13-/t18-,24-/m0/s1. The lowest BCUT2D eigenvalue weighted by Gasteiger charge is -2.38. The normalized spacial score (nSPS) is 25.6. The first-order valence-electron chi connectivity index (χ1n) is 10.4. The Balaban J connectivity index is 1.90. The molecule has 0 unspecified atom stereocenters. The Hall–Kier alpha value is -2.93. The van der Waals surface area contributed by atoms with Crippen molar-refractivity contribution < 1.29 is 24.6 Å². The number of nitrogens with zero attached hydrogens (tertiary/aromatic N) is 1. The van der Waals surface area contributed by atoms with Crippen LogP contribution in [0.15, 0.2) is 52.3 Å². The van der Waals surface area contributed by atoms with Crippen molar-refractivity contribution in [3.05, 3.63) is 57.8 Å². The van der Waals surface area contributed by atoms with Gasteiger partial charge in [0.25, 0.3) is 5.91 Å². The minimum Gasteiger partial charge on any atom is -0.511 e. The summed E-state index contributed by atoms with van der Waals surface area (Å²) in [5.74, 6) is -3.03. The van der Waals surface area contributed by atoms with Crippen molar-refractivity contribution >= 4 is 35.5 Å². The molecule has 8 heteroatoms. The van der Waals surface area contributed by atoms with E-state index in [0.717, 1.165) is 11.8 Å². The average Bonchev–Trinajstić information content (AvgIpc) is 2.69. The zero-order valence-corrected chi connectivity index (χ0v) is 19.1. The molecule has 0 radical (unpaired) electrons. The molecule has 0 aliphatic heterocycles. The minimum atomic E-state index is -1.78. The molecule has 2 atom stereocenters. The fraction of sp³-hybridized carbons (Fsp3) is 0.417. The second-order valence-corrected chi connectivity index (χ2v) is 9.78. The number of nitrogens with one attached hydrogen (secondary N) is 1. The van der Waals surface area contributed by atoms with Crippen LogP contribution in [0, 0.1) is 10.8 Å². The first kappa shape index (κ1) is 23.7. The number of Topliss-reactive ketones (excluding diaryl/α,β-unsaturated/α-hetero) is 1. The second-order valence-electron chi connectivity index (χ2n) is 9.34. The van der Waals surface area contributed by atoms with E-state index in [4.69, 9.17) is 11.6 Å². The second kappa shape index (κ2) is 8.90. The van der Waals surface area contributed by atoms with Crippen LogP contribution in [0.25, 0.3) is 0 Å². The van der Waals surface area contributed by atoms with Gasteiger partial charge in [-0.2, -0.15) is 5.10 Å². The highest BCUT2D eigenvalue weighted by Crippen LogP contribution is 2.47. The van der Waals surface area contributed by atoms with Gasteiger partial charge in [-0.1, -0.05) is 49.2 Å². The van der Waals surface area contributed by atoms with Crippen molar-refractivity contribution in [2.24, 2.45) is 15.9 Å². The quantitative estimate of drug-likeness (QED) is 0.259. The molecule has 0 fully saturated rings. The lowest BCUT2D eigenvalue weighted by molar-refractivity contribution is -0.158. The molecule has 1 aromatic carbocycles. The number of ketones is 1. The number of halogens is 1. The first-order chi connectivity index (χ1) is 15.0. The molecule has 3 rings (SSSR count). The number of amides is 1. The Morgan fingerprint density at radius 3 is 2.47 bits per heavy atom. The summed E-state index contributed by atoms with van der Waals surface area (Å²) in [6, 6.07) is 6.79. The Labute approximate surface area is 191 Å². The van der Waals surface area contributed by atoms with Crippen LogP contribution in [0.2, 0.25) is 5.02 Å². The predicted molar refractivity (Wildman–Crippen MR) is 122 cm³/mol. The summed E-state index contributed by atoms with van der Waals surface area (Å²) in [5.41, 5.74) is 1.88. The molecule has 1 amide bonds. The van der Waals surface area contributed by atoms with Gasteiger partial charge in [0.1, 0.15) is 5.76 Å². The Kier molecular flexibility index (Phi) is 6.60. The van der Waals surface area contributed by atoms with Gasteiger partial charge in [-0.15, -0.1) is 0 Å². The number of hydrogen-bond donors (Lipinski definition) is 3. The maximum absolute atomic E-state index is 13.2. The third kappa shape index (κ3) is 4.63. The van der Waals surface area contributed by atoms with Gasteiger partial charge in [0.15, 0.2) is 11.2 Å². The van der Waals surface area contributed by atoms with Crippen LogP contribution in [0.1, 0.15) is 57.9 Å². The fourth-order valence-electron chi connectivity index (χ4n) is 4.44. The van der Waals surface area contributed by atoms with Crippen LogP contribution < -0.4 is 5.43 Å². The highest BCUT2D eigenvalue weighted by atomic mass is 35.5. The topological polar surface area (TPSA) is 116 Å². The molecule has 3 N–H and O–H groups in total. The van der Waals surface area contributed by atoms with E-state index in [9.17, 15) is 24.6 Å². The number of carbonyl (C=O) groups is 3. The molecule has 0 bridgehead atoms. The van der Waals surface area contributed by atoms with Gasteiger partial charge in [0.2, 0.25) is 0 Å². The van der Waals surface area contributed by atoms with Gasteiger partial charge >= 0.3 is 5.97 Å². The maximum Gasteiger partial charge on any atom is 0.320 e. The molecule has 170 valence electrons. The van der Waals surface area contributed by atoms with Crippen molar-refractivity contribution in [3.63, 3.8) is 0 Å². The Morgan fingerprint density at radius 2 is 1.88 bits per heavy atom. The molecular formula is C24H27ClN2O5. The number of hydrazone groups is 1. The number of aliphatic hydroxyl groups excluding tert-OH is 1. The van der Waals surface area contributed by atoms with E-state index in [1.807, 2.05) is 20.8 Å².